The van der Waals surface area contributed by atoms with E-state index in [9.17, 15) is 8.42 Å². The second-order valence-electron chi connectivity index (χ2n) is 2.51. The van der Waals surface area contributed by atoms with Crippen molar-refractivity contribution < 1.29 is 13.5 Å². The van der Waals surface area contributed by atoms with E-state index in [2.05, 4.69) is 9.86 Å². The molecule has 0 amide bonds. The lowest BCUT2D eigenvalue weighted by molar-refractivity contribution is 0.263. The van der Waals surface area contributed by atoms with Gasteiger partial charge in [-0.25, -0.2) is 9.86 Å². The van der Waals surface area contributed by atoms with Gasteiger partial charge in [0.25, 0.3) is 10.2 Å². The van der Waals surface area contributed by atoms with E-state index < -0.39 is 10.2 Å². The minimum Gasteiger partial charge on any atom is -0.396 e. The smallest absolute Gasteiger partial charge is 0.274 e. The molecule has 5 nitrogen and oxygen atoms in total. The molecule has 0 radical (unpaired) electrons. The first-order valence-electron chi connectivity index (χ1n) is 3.34. The monoisotopic (exact) mass is 182 g/mol. The van der Waals surface area contributed by atoms with E-state index in [0.29, 0.717) is 6.42 Å². The van der Waals surface area contributed by atoms with Crippen LogP contribution in [0.15, 0.2) is 0 Å². The molecule has 0 saturated carbocycles. The fourth-order valence-electron chi connectivity index (χ4n) is 0.581. The molecule has 0 spiro atoms. The van der Waals surface area contributed by atoms with Crippen LogP contribution in [0.1, 0.15) is 13.3 Å². The Kier molecular flexibility index (Phi) is 4.58. The second kappa shape index (κ2) is 4.66. The van der Waals surface area contributed by atoms with Crippen molar-refractivity contribution in [1.82, 2.24) is 4.72 Å². The first-order valence-corrected chi connectivity index (χ1v) is 4.88. The summed E-state index contributed by atoms with van der Waals surface area (Å²) in [6.45, 7) is 2.17. The van der Waals surface area contributed by atoms with E-state index >= 15 is 0 Å². The summed E-state index contributed by atoms with van der Waals surface area (Å²) in [4.78, 5) is 0. The highest BCUT2D eigenvalue weighted by molar-refractivity contribution is 7.87. The van der Waals surface area contributed by atoms with Gasteiger partial charge in [-0.3, -0.25) is 0 Å². The lowest BCUT2D eigenvalue weighted by Crippen LogP contribution is -2.34. The van der Waals surface area contributed by atoms with Crippen molar-refractivity contribution in [2.24, 2.45) is 11.1 Å². The number of nitrogens with one attached hydrogen (secondary N) is 1. The molecule has 1 unspecified atom stereocenters. The molecule has 0 saturated heterocycles. The zero-order chi connectivity index (χ0) is 8.91. The average molecular weight is 182 g/mol. The number of hydrogen-bond donors (Lipinski definition) is 3. The van der Waals surface area contributed by atoms with Crippen molar-refractivity contribution in [3.63, 3.8) is 0 Å². The fraction of sp³-hybridized carbons (Fsp3) is 1.00. The van der Waals surface area contributed by atoms with Gasteiger partial charge in [-0.05, 0) is 12.3 Å². The molecule has 0 aromatic rings. The van der Waals surface area contributed by atoms with E-state index in [1.807, 2.05) is 6.92 Å². The van der Waals surface area contributed by atoms with Gasteiger partial charge in [0.15, 0.2) is 0 Å². The summed E-state index contributed by atoms with van der Waals surface area (Å²) in [5.41, 5.74) is 0. The van der Waals surface area contributed by atoms with Crippen molar-refractivity contribution in [2.45, 2.75) is 13.3 Å². The van der Waals surface area contributed by atoms with Crippen LogP contribution in [-0.2, 0) is 10.2 Å². The number of rotatable bonds is 5. The standard InChI is InChI=1S/C5H14N2O3S/c1-5(2-3-8)4-7-11(6,9)10/h5,7-8H,2-4H2,1H3,(H2,6,9,10). The average Bonchev–Trinajstić information content (AvgIpc) is 1.83. The van der Waals surface area contributed by atoms with E-state index in [1.54, 1.807) is 0 Å². The predicted octanol–water partition coefficient (Wildman–Crippen LogP) is -1.20. The van der Waals surface area contributed by atoms with Crippen LogP contribution in [0.2, 0.25) is 0 Å². The quantitative estimate of drug-likeness (QED) is 0.498. The third-order valence-corrected chi connectivity index (χ3v) is 1.82. The number of aliphatic hydroxyl groups excluding tert-OH is 1. The highest BCUT2D eigenvalue weighted by atomic mass is 32.2. The molecule has 0 rings (SSSR count). The van der Waals surface area contributed by atoms with Gasteiger partial charge in [-0.2, -0.15) is 8.42 Å². The molecule has 11 heavy (non-hydrogen) atoms. The molecule has 0 aromatic carbocycles. The molecule has 0 aliphatic carbocycles. The van der Waals surface area contributed by atoms with Crippen molar-refractivity contribution in [2.75, 3.05) is 13.2 Å². The summed E-state index contributed by atoms with van der Waals surface area (Å²) >= 11 is 0. The Hall–Kier alpha value is -0.170. The van der Waals surface area contributed by atoms with Crippen LogP contribution in [0.4, 0.5) is 0 Å². The Balaban J connectivity index is 3.54. The Morgan fingerprint density at radius 1 is 1.64 bits per heavy atom. The molecule has 0 aromatic heterocycles. The summed E-state index contributed by atoms with van der Waals surface area (Å²) in [5.74, 6) is 0.110. The molecule has 0 fully saturated rings. The topological polar surface area (TPSA) is 92.4 Å². The fourth-order valence-corrected chi connectivity index (χ4v) is 1.10. The van der Waals surface area contributed by atoms with Gasteiger partial charge >= 0.3 is 0 Å². The summed E-state index contributed by atoms with van der Waals surface area (Å²) in [7, 11) is -3.57. The number of nitrogens with two attached hydrogens (primary N) is 1. The molecule has 6 heteroatoms. The van der Waals surface area contributed by atoms with Crippen molar-refractivity contribution in [1.29, 1.82) is 0 Å². The highest BCUT2D eigenvalue weighted by Gasteiger charge is 2.05. The predicted molar refractivity (Wildman–Crippen MR) is 42.0 cm³/mol. The maximum atomic E-state index is 10.3. The van der Waals surface area contributed by atoms with Gasteiger partial charge in [0.1, 0.15) is 0 Å². The molecule has 0 bridgehead atoms. The van der Waals surface area contributed by atoms with Crippen LogP contribution in [0.3, 0.4) is 0 Å². The Labute approximate surface area is 66.8 Å². The van der Waals surface area contributed by atoms with Crippen LogP contribution in [0, 0.1) is 5.92 Å². The summed E-state index contributed by atoms with van der Waals surface area (Å²) in [6, 6.07) is 0. The minimum absolute atomic E-state index is 0.0630. The third kappa shape index (κ3) is 7.73. The molecule has 0 aliphatic heterocycles. The van der Waals surface area contributed by atoms with Crippen molar-refractivity contribution >= 4 is 10.2 Å². The zero-order valence-electron chi connectivity index (χ0n) is 6.45. The van der Waals surface area contributed by atoms with Crippen LogP contribution in [0.5, 0.6) is 0 Å². The summed E-state index contributed by atoms with van der Waals surface area (Å²) in [6.07, 6.45) is 0.572. The molecule has 0 aliphatic rings. The molecule has 0 heterocycles. The summed E-state index contributed by atoms with van der Waals surface area (Å²) in [5, 5.41) is 13.1. The maximum Gasteiger partial charge on any atom is 0.274 e. The number of aliphatic hydroxyl groups is 1. The van der Waals surface area contributed by atoms with Crippen LogP contribution in [0.25, 0.3) is 0 Å². The third-order valence-electron chi connectivity index (χ3n) is 1.25. The Bertz CT molecular complexity index is 190. The van der Waals surface area contributed by atoms with E-state index in [0.717, 1.165) is 0 Å². The van der Waals surface area contributed by atoms with Gasteiger partial charge in [0.2, 0.25) is 0 Å². The minimum atomic E-state index is -3.57. The van der Waals surface area contributed by atoms with Gasteiger partial charge < -0.3 is 5.11 Å². The van der Waals surface area contributed by atoms with Crippen LogP contribution < -0.4 is 9.86 Å². The first kappa shape index (κ1) is 10.8. The summed E-state index contributed by atoms with van der Waals surface area (Å²) < 4.78 is 22.8. The lowest BCUT2D eigenvalue weighted by atomic mass is 10.1. The zero-order valence-corrected chi connectivity index (χ0v) is 7.26. The molecule has 1 atom stereocenters. The largest absolute Gasteiger partial charge is 0.396 e. The molecular formula is C5H14N2O3S. The second-order valence-corrected chi connectivity index (χ2v) is 3.89. The highest BCUT2D eigenvalue weighted by Crippen LogP contribution is 1.97. The van der Waals surface area contributed by atoms with Crippen molar-refractivity contribution in [3.8, 4) is 0 Å². The molecule has 4 N–H and O–H groups in total. The van der Waals surface area contributed by atoms with Gasteiger partial charge in [-0.1, -0.05) is 6.92 Å². The van der Waals surface area contributed by atoms with E-state index in [1.165, 1.54) is 0 Å². The molecule has 68 valence electrons. The van der Waals surface area contributed by atoms with Crippen LogP contribution in [-0.4, -0.2) is 26.7 Å². The maximum absolute atomic E-state index is 10.3. The van der Waals surface area contributed by atoms with E-state index in [4.69, 9.17) is 5.11 Å². The van der Waals surface area contributed by atoms with Gasteiger partial charge in [0.05, 0.1) is 0 Å². The Morgan fingerprint density at radius 3 is 2.55 bits per heavy atom. The van der Waals surface area contributed by atoms with E-state index in [-0.39, 0.29) is 19.1 Å². The number of hydrogen-bond acceptors (Lipinski definition) is 3. The normalized spacial score (nSPS) is 14.8. The molecular weight excluding hydrogens is 168 g/mol. The lowest BCUT2D eigenvalue weighted by Gasteiger charge is -2.08. The first-order chi connectivity index (χ1) is 4.95. The van der Waals surface area contributed by atoms with Crippen LogP contribution >= 0.6 is 0 Å². The van der Waals surface area contributed by atoms with Gasteiger partial charge in [0, 0.05) is 13.2 Å². The SMILES string of the molecule is CC(CCO)CNS(N)(=O)=O. The van der Waals surface area contributed by atoms with Crippen molar-refractivity contribution in [3.05, 3.63) is 0 Å². The Morgan fingerprint density at radius 2 is 2.18 bits per heavy atom. The van der Waals surface area contributed by atoms with Gasteiger partial charge in [-0.15, -0.1) is 0 Å².